The van der Waals surface area contributed by atoms with Crippen LogP contribution in [0.5, 0.6) is 11.5 Å². The third kappa shape index (κ3) is 3.53. The van der Waals surface area contributed by atoms with Crippen LogP contribution in [0.15, 0.2) is 28.8 Å². The predicted octanol–water partition coefficient (Wildman–Crippen LogP) is 2.31. The number of fused-ring (bicyclic) bond motifs is 1. The van der Waals surface area contributed by atoms with Crippen LogP contribution >= 0.6 is 0 Å². The summed E-state index contributed by atoms with van der Waals surface area (Å²) in [4.78, 5) is 17.1. The molecule has 7 heteroatoms. The second kappa shape index (κ2) is 7.37. The summed E-state index contributed by atoms with van der Waals surface area (Å²) in [6.07, 6.45) is 1.81. The molecule has 0 saturated carbocycles. The highest BCUT2D eigenvalue weighted by Crippen LogP contribution is 2.32. The Morgan fingerprint density at radius 1 is 1.12 bits per heavy atom. The van der Waals surface area contributed by atoms with Crippen LogP contribution in [0.4, 0.5) is 0 Å². The smallest absolute Gasteiger partial charge is 0.254 e. The van der Waals surface area contributed by atoms with Gasteiger partial charge in [0.25, 0.3) is 5.91 Å². The minimum atomic E-state index is 0.0399. The van der Waals surface area contributed by atoms with Gasteiger partial charge in [0.1, 0.15) is 0 Å². The number of nitrogens with zero attached hydrogens (tertiary/aromatic N) is 3. The zero-order valence-electron chi connectivity index (χ0n) is 14.9. The maximum atomic E-state index is 12.8. The number of benzene rings is 1. The summed E-state index contributed by atoms with van der Waals surface area (Å²) >= 11 is 0. The Bertz CT molecular complexity index is 789. The van der Waals surface area contributed by atoms with Crippen molar-refractivity contribution in [1.29, 1.82) is 0 Å². The van der Waals surface area contributed by atoms with Crippen molar-refractivity contribution in [2.24, 2.45) is 0 Å². The number of amides is 1. The summed E-state index contributed by atoms with van der Waals surface area (Å²) in [5.41, 5.74) is 1.62. The fraction of sp³-hybridized carbons (Fsp3) is 0.474. The van der Waals surface area contributed by atoms with Crippen molar-refractivity contribution >= 4 is 5.91 Å². The first-order chi connectivity index (χ1) is 12.7. The van der Waals surface area contributed by atoms with Gasteiger partial charge < -0.3 is 18.9 Å². The molecule has 0 atom stereocenters. The van der Waals surface area contributed by atoms with E-state index in [2.05, 4.69) is 17.0 Å². The molecule has 0 bridgehead atoms. The highest BCUT2D eigenvalue weighted by molar-refractivity contribution is 5.95. The van der Waals surface area contributed by atoms with Crippen LogP contribution < -0.4 is 9.47 Å². The number of aryl methyl sites for hydroxylation is 1. The number of rotatable bonds is 4. The van der Waals surface area contributed by atoms with Crippen LogP contribution in [0.25, 0.3) is 0 Å². The van der Waals surface area contributed by atoms with Gasteiger partial charge in [-0.15, -0.1) is 0 Å². The Hall–Kier alpha value is -2.54. The highest BCUT2D eigenvalue weighted by Gasteiger charge is 2.23. The Morgan fingerprint density at radius 2 is 2.00 bits per heavy atom. The maximum Gasteiger partial charge on any atom is 0.254 e. The molecule has 4 rings (SSSR count). The number of carbonyl (C=O) groups excluding carboxylic acids is 1. The Morgan fingerprint density at radius 3 is 2.85 bits per heavy atom. The number of aromatic nitrogens is 1. The van der Waals surface area contributed by atoms with Crippen LogP contribution in [0.1, 0.15) is 35.2 Å². The molecule has 1 fully saturated rings. The maximum absolute atomic E-state index is 12.8. The van der Waals surface area contributed by atoms with E-state index in [4.69, 9.17) is 14.0 Å². The molecule has 2 aliphatic rings. The topological polar surface area (TPSA) is 68.0 Å². The molecule has 0 aliphatic carbocycles. The second-order valence-corrected chi connectivity index (χ2v) is 6.63. The van der Waals surface area contributed by atoms with Crippen molar-refractivity contribution in [2.45, 2.75) is 26.3 Å². The van der Waals surface area contributed by atoms with Crippen LogP contribution in [-0.2, 0) is 13.0 Å². The van der Waals surface area contributed by atoms with E-state index < -0.39 is 0 Å². The zero-order chi connectivity index (χ0) is 17.9. The standard InChI is InChI=1S/C19H23N3O4/c1-2-15-11-16(26-20-15)12-21-6-3-7-22(9-8-21)19(23)14-4-5-17-18(10-14)25-13-24-17/h4-5,10-11H,2-3,6-9,12-13H2,1H3. The quantitative estimate of drug-likeness (QED) is 0.836. The van der Waals surface area contributed by atoms with E-state index >= 15 is 0 Å². The summed E-state index contributed by atoms with van der Waals surface area (Å²) in [5.74, 6) is 2.27. The van der Waals surface area contributed by atoms with E-state index in [-0.39, 0.29) is 12.7 Å². The predicted molar refractivity (Wildman–Crippen MR) is 94.2 cm³/mol. The zero-order valence-corrected chi connectivity index (χ0v) is 14.9. The molecule has 0 N–H and O–H groups in total. The molecule has 2 aliphatic heterocycles. The highest BCUT2D eigenvalue weighted by atomic mass is 16.7. The summed E-state index contributed by atoms with van der Waals surface area (Å²) < 4.78 is 16.1. The third-order valence-corrected chi connectivity index (χ3v) is 4.84. The summed E-state index contributed by atoms with van der Waals surface area (Å²) in [6, 6.07) is 7.39. The van der Waals surface area contributed by atoms with Gasteiger partial charge >= 0.3 is 0 Å². The molecule has 0 unspecified atom stereocenters. The minimum absolute atomic E-state index is 0.0399. The van der Waals surface area contributed by atoms with Crippen LogP contribution in [-0.4, -0.2) is 53.8 Å². The van der Waals surface area contributed by atoms with Gasteiger partial charge in [0.15, 0.2) is 17.3 Å². The van der Waals surface area contributed by atoms with E-state index in [1.165, 1.54) is 0 Å². The molecular formula is C19H23N3O4. The van der Waals surface area contributed by atoms with Crippen molar-refractivity contribution in [3.8, 4) is 11.5 Å². The molecule has 26 heavy (non-hydrogen) atoms. The Labute approximate surface area is 152 Å². The molecule has 0 spiro atoms. The molecule has 1 saturated heterocycles. The van der Waals surface area contributed by atoms with E-state index in [0.29, 0.717) is 23.6 Å². The van der Waals surface area contributed by atoms with Gasteiger partial charge in [0.05, 0.1) is 12.2 Å². The number of ether oxygens (including phenoxy) is 2. The first-order valence-electron chi connectivity index (χ1n) is 9.08. The van der Waals surface area contributed by atoms with E-state index in [0.717, 1.165) is 50.5 Å². The van der Waals surface area contributed by atoms with E-state index in [9.17, 15) is 4.79 Å². The van der Waals surface area contributed by atoms with Crippen molar-refractivity contribution in [3.63, 3.8) is 0 Å². The minimum Gasteiger partial charge on any atom is -0.454 e. The fourth-order valence-corrected chi connectivity index (χ4v) is 3.36. The van der Waals surface area contributed by atoms with Gasteiger partial charge in [-0.05, 0) is 31.0 Å². The third-order valence-electron chi connectivity index (χ3n) is 4.84. The van der Waals surface area contributed by atoms with Crippen LogP contribution in [0.2, 0.25) is 0 Å². The van der Waals surface area contributed by atoms with E-state index in [1.807, 2.05) is 11.0 Å². The monoisotopic (exact) mass is 357 g/mol. The molecule has 1 amide bonds. The lowest BCUT2D eigenvalue weighted by Crippen LogP contribution is -2.35. The lowest BCUT2D eigenvalue weighted by molar-refractivity contribution is 0.0760. The first kappa shape index (κ1) is 16.9. The number of hydrogen-bond donors (Lipinski definition) is 0. The SMILES string of the molecule is CCc1cc(CN2CCCN(C(=O)c3ccc4c(c3)OCO4)CC2)on1. The van der Waals surface area contributed by atoms with Gasteiger partial charge in [0.2, 0.25) is 6.79 Å². The molecule has 0 radical (unpaired) electrons. The van der Waals surface area contributed by atoms with Gasteiger partial charge in [-0.1, -0.05) is 12.1 Å². The Kier molecular flexibility index (Phi) is 4.79. The van der Waals surface area contributed by atoms with Crippen LogP contribution in [0.3, 0.4) is 0 Å². The summed E-state index contributed by atoms with van der Waals surface area (Å²) in [7, 11) is 0. The molecule has 1 aromatic carbocycles. The molecular weight excluding hydrogens is 334 g/mol. The largest absolute Gasteiger partial charge is 0.454 e. The van der Waals surface area contributed by atoms with Crippen molar-refractivity contribution in [1.82, 2.24) is 15.0 Å². The normalized spacial score (nSPS) is 17.3. The van der Waals surface area contributed by atoms with Crippen molar-refractivity contribution in [3.05, 3.63) is 41.3 Å². The van der Waals surface area contributed by atoms with Crippen molar-refractivity contribution < 1.29 is 18.8 Å². The fourth-order valence-electron chi connectivity index (χ4n) is 3.36. The lowest BCUT2D eigenvalue weighted by atomic mass is 10.1. The van der Waals surface area contributed by atoms with Crippen LogP contribution in [0, 0.1) is 0 Å². The molecule has 138 valence electrons. The Balaban J connectivity index is 1.37. The number of carbonyl (C=O) groups is 1. The van der Waals surface area contributed by atoms with Gasteiger partial charge in [-0.25, -0.2) is 0 Å². The first-order valence-corrected chi connectivity index (χ1v) is 9.08. The van der Waals surface area contributed by atoms with Crippen molar-refractivity contribution in [2.75, 3.05) is 33.0 Å². The van der Waals surface area contributed by atoms with E-state index in [1.54, 1.807) is 18.2 Å². The molecule has 2 aromatic rings. The molecule has 3 heterocycles. The molecule has 1 aromatic heterocycles. The summed E-state index contributed by atoms with van der Waals surface area (Å²) in [6.45, 7) is 6.22. The summed E-state index contributed by atoms with van der Waals surface area (Å²) in [5, 5.41) is 4.05. The second-order valence-electron chi connectivity index (χ2n) is 6.63. The average Bonchev–Trinajstić information content (AvgIpc) is 3.25. The average molecular weight is 357 g/mol. The molecule has 7 nitrogen and oxygen atoms in total. The lowest BCUT2D eigenvalue weighted by Gasteiger charge is -2.21. The van der Waals surface area contributed by atoms with Gasteiger partial charge in [-0.2, -0.15) is 0 Å². The van der Waals surface area contributed by atoms with Gasteiger partial charge in [0, 0.05) is 37.8 Å². The van der Waals surface area contributed by atoms with Gasteiger partial charge in [-0.3, -0.25) is 9.69 Å². The number of hydrogen-bond acceptors (Lipinski definition) is 6.